The van der Waals surface area contributed by atoms with E-state index in [4.69, 9.17) is 18.9 Å². The molecule has 0 rings (SSSR count). The highest BCUT2D eigenvalue weighted by molar-refractivity contribution is 5.79. The van der Waals surface area contributed by atoms with E-state index >= 15 is 0 Å². The van der Waals surface area contributed by atoms with E-state index in [2.05, 4.69) is 10.6 Å². The third-order valence-corrected chi connectivity index (χ3v) is 4.56. The van der Waals surface area contributed by atoms with E-state index < -0.39 is 0 Å². The van der Waals surface area contributed by atoms with Gasteiger partial charge in [-0.1, -0.05) is 13.3 Å². The lowest BCUT2D eigenvalue weighted by Gasteiger charge is -2.09. The molecular formula is C22H42N2O7. The molecule has 0 saturated carbocycles. The van der Waals surface area contributed by atoms with E-state index in [0.29, 0.717) is 59.0 Å². The van der Waals surface area contributed by atoms with Crippen LogP contribution in [0.3, 0.4) is 0 Å². The number of Topliss-reactive ketones (excluding diaryl/α,β-unsaturated/α-hetero) is 2. The maximum atomic E-state index is 11.7. The first kappa shape index (κ1) is 29.6. The van der Waals surface area contributed by atoms with Crippen molar-refractivity contribution in [3.63, 3.8) is 0 Å². The molecule has 182 valence electrons. The summed E-state index contributed by atoms with van der Waals surface area (Å²) in [4.78, 5) is 34.4. The average Bonchev–Trinajstić information content (AvgIpc) is 2.74. The quantitative estimate of drug-likeness (QED) is 0.225. The van der Waals surface area contributed by atoms with Gasteiger partial charge in [-0.3, -0.25) is 14.4 Å². The number of rotatable bonds is 23. The van der Waals surface area contributed by atoms with E-state index in [-0.39, 0.29) is 36.6 Å². The number of unbranched alkanes of at least 4 members (excludes halogenated alkanes) is 1. The molecule has 0 aromatic carbocycles. The Hall–Kier alpha value is -1.39. The van der Waals surface area contributed by atoms with Crippen molar-refractivity contribution in [3.05, 3.63) is 0 Å². The molecule has 0 aliphatic rings. The number of ether oxygens (including phenoxy) is 4. The van der Waals surface area contributed by atoms with Crippen molar-refractivity contribution >= 4 is 17.5 Å². The van der Waals surface area contributed by atoms with Crippen molar-refractivity contribution in [1.29, 1.82) is 0 Å². The normalized spacial score (nSPS) is 12.0. The summed E-state index contributed by atoms with van der Waals surface area (Å²) in [6, 6.07) is 0. The second-order valence-corrected chi connectivity index (χ2v) is 7.43. The summed E-state index contributed by atoms with van der Waals surface area (Å²) in [7, 11) is 1.86. The van der Waals surface area contributed by atoms with Gasteiger partial charge >= 0.3 is 0 Å². The second-order valence-electron chi connectivity index (χ2n) is 7.43. The Morgan fingerprint density at radius 3 is 2.10 bits per heavy atom. The number of nitrogens with one attached hydrogen (secondary N) is 2. The highest BCUT2D eigenvalue weighted by atomic mass is 16.5. The maximum absolute atomic E-state index is 11.7. The Morgan fingerprint density at radius 1 is 0.774 bits per heavy atom. The number of carbonyl (C=O) groups excluding carboxylic acids is 3. The number of carbonyl (C=O) groups is 3. The van der Waals surface area contributed by atoms with Gasteiger partial charge in [-0.25, -0.2) is 0 Å². The molecule has 0 spiro atoms. The second kappa shape index (κ2) is 21.8. The lowest BCUT2D eigenvalue weighted by Crippen LogP contribution is -2.29. The van der Waals surface area contributed by atoms with Crippen LogP contribution in [0.15, 0.2) is 0 Å². The van der Waals surface area contributed by atoms with E-state index in [1.54, 1.807) is 6.92 Å². The summed E-state index contributed by atoms with van der Waals surface area (Å²) in [6.45, 7) is 7.71. The Morgan fingerprint density at radius 2 is 1.42 bits per heavy atom. The van der Waals surface area contributed by atoms with Gasteiger partial charge in [0.15, 0.2) is 5.78 Å². The molecule has 0 aromatic rings. The molecule has 1 amide bonds. The van der Waals surface area contributed by atoms with Gasteiger partial charge in [0.2, 0.25) is 5.91 Å². The van der Waals surface area contributed by atoms with Gasteiger partial charge in [-0.15, -0.1) is 0 Å². The van der Waals surface area contributed by atoms with Crippen LogP contribution in [0.1, 0.15) is 46.0 Å². The minimum absolute atomic E-state index is 0.00169. The van der Waals surface area contributed by atoms with E-state index in [1.165, 1.54) is 0 Å². The van der Waals surface area contributed by atoms with E-state index in [1.807, 2.05) is 14.0 Å². The average molecular weight is 447 g/mol. The van der Waals surface area contributed by atoms with Crippen molar-refractivity contribution in [1.82, 2.24) is 10.6 Å². The van der Waals surface area contributed by atoms with Crippen LogP contribution in [0.2, 0.25) is 0 Å². The molecule has 0 radical (unpaired) electrons. The van der Waals surface area contributed by atoms with E-state index in [0.717, 1.165) is 25.8 Å². The van der Waals surface area contributed by atoms with Gasteiger partial charge in [-0.05, 0) is 33.2 Å². The summed E-state index contributed by atoms with van der Waals surface area (Å²) in [5.41, 5.74) is 0. The largest absolute Gasteiger partial charge is 0.379 e. The fraction of sp³-hybridized carbons (Fsp3) is 0.864. The van der Waals surface area contributed by atoms with E-state index in [9.17, 15) is 14.4 Å². The van der Waals surface area contributed by atoms with Crippen molar-refractivity contribution in [2.75, 3.05) is 73.0 Å². The molecule has 0 unspecified atom stereocenters. The number of ketones is 2. The molecule has 0 bridgehead atoms. The fourth-order valence-electron chi connectivity index (χ4n) is 2.47. The van der Waals surface area contributed by atoms with Crippen LogP contribution < -0.4 is 10.6 Å². The highest BCUT2D eigenvalue weighted by Gasteiger charge is 2.07. The molecule has 2 N–H and O–H groups in total. The predicted molar refractivity (Wildman–Crippen MR) is 118 cm³/mol. The number of amides is 1. The molecule has 0 fully saturated rings. The minimum atomic E-state index is -0.155. The van der Waals surface area contributed by atoms with Crippen LogP contribution in [-0.4, -0.2) is 90.5 Å². The SMILES string of the molecule is CNCCOCCOCC(=O)CCCOCCOCC(=O)NCCCC[C@H](C)C(C)=O. The number of likely N-dealkylation sites (N-methyl/N-ethyl adjacent to an activating group) is 1. The molecule has 31 heavy (non-hydrogen) atoms. The van der Waals surface area contributed by atoms with Gasteiger partial charge in [0.25, 0.3) is 0 Å². The maximum Gasteiger partial charge on any atom is 0.245 e. The van der Waals surface area contributed by atoms with Crippen molar-refractivity contribution in [2.24, 2.45) is 5.92 Å². The summed E-state index contributed by atoms with van der Waals surface area (Å²) in [5, 5.41) is 5.77. The number of hydrogen-bond donors (Lipinski definition) is 2. The predicted octanol–water partition coefficient (Wildman–Crippen LogP) is 1.13. The molecule has 9 nitrogen and oxygen atoms in total. The molecule has 0 aromatic heterocycles. The van der Waals surface area contributed by atoms with Crippen molar-refractivity contribution in [3.8, 4) is 0 Å². The summed E-state index contributed by atoms with van der Waals surface area (Å²) in [6.07, 6.45) is 3.65. The van der Waals surface area contributed by atoms with Crippen LogP contribution in [0, 0.1) is 5.92 Å². The molecule has 1 atom stereocenters. The van der Waals surface area contributed by atoms with Crippen LogP contribution in [0.5, 0.6) is 0 Å². The Balaban J connectivity index is 3.33. The standard InChI is InChI=1S/C22H42N2O7/c1-19(20(2)25)7-4-5-9-24-22(27)18-31-16-13-28-11-6-8-21(26)17-30-15-14-29-12-10-23-3/h19,23H,4-18H2,1-3H3,(H,24,27)/t19-/m0/s1. The van der Waals surface area contributed by atoms with Gasteiger partial charge in [0.1, 0.15) is 19.0 Å². The molecule has 0 aliphatic carbocycles. The molecule has 0 saturated heterocycles. The topological polar surface area (TPSA) is 112 Å². The Labute approximate surface area is 186 Å². The van der Waals surface area contributed by atoms with Crippen molar-refractivity contribution < 1.29 is 33.3 Å². The molecular weight excluding hydrogens is 404 g/mol. The van der Waals surface area contributed by atoms with Gasteiger partial charge in [-0.2, -0.15) is 0 Å². The third kappa shape index (κ3) is 21.6. The van der Waals surface area contributed by atoms with Crippen LogP contribution in [-0.2, 0) is 33.3 Å². The Kier molecular flexibility index (Phi) is 20.8. The van der Waals surface area contributed by atoms with Crippen LogP contribution in [0.4, 0.5) is 0 Å². The summed E-state index contributed by atoms with van der Waals surface area (Å²) >= 11 is 0. The summed E-state index contributed by atoms with van der Waals surface area (Å²) < 4.78 is 21.2. The van der Waals surface area contributed by atoms with Crippen molar-refractivity contribution in [2.45, 2.75) is 46.0 Å². The van der Waals surface area contributed by atoms with Gasteiger partial charge in [0, 0.05) is 32.0 Å². The zero-order chi connectivity index (χ0) is 23.2. The lowest BCUT2D eigenvalue weighted by molar-refractivity contribution is -0.126. The Bertz CT molecular complexity index is 475. The third-order valence-electron chi connectivity index (χ3n) is 4.56. The number of hydrogen-bond acceptors (Lipinski definition) is 8. The zero-order valence-corrected chi connectivity index (χ0v) is 19.5. The first-order chi connectivity index (χ1) is 15.0. The monoisotopic (exact) mass is 446 g/mol. The molecule has 9 heteroatoms. The minimum Gasteiger partial charge on any atom is -0.379 e. The lowest BCUT2D eigenvalue weighted by atomic mass is 10.0. The molecule has 0 aliphatic heterocycles. The van der Waals surface area contributed by atoms with Crippen LogP contribution in [0.25, 0.3) is 0 Å². The fourth-order valence-corrected chi connectivity index (χ4v) is 2.47. The summed E-state index contributed by atoms with van der Waals surface area (Å²) in [5.74, 6) is 0.182. The van der Waals surface area contributed by atoms with Crippen LogP contribution >= 0.6 is 0 Å². The smallest absolute Gasteiger partial charge is 0.245 e. The first-order valence-corrected chi connectivity index (χ1v) is 11.2. The highest BCUT2D eigenvalue weighted by Crippen LogP contribution is 2.07. The first-order valence-electron chi connectivity index (χ1n) is 11.2. The van der Waals surface area contributed by atoms with Gasteiger partial charge in [0.05, 0.1) is 33.0 Å². The zero-order valence-electron chi connectivity index (χ0n) is 19.5. The molecule has 0 heterocycles. The van der Waals surface area contributed by atoms with Gasteiger partial charge < -0.3 is 29.6 Å².